The number of alkyl halides is 5. The first-order valence-electron chi connectivity index (χ1n) is 8.21. The van der Waals surface area contributed by atoms with Gasteiger partial charge in [-0.1, -0.05) is 6.08 Å². The highest BCUT2D eigenvalue weighted by molar-refractivity contribution is 5.28. The number of halogens is 7. The van der Waals surface area contributed by atoms with Gasteiger partial charge in [-0.05, 0) is 55.2 Å². The van der Waals surface area contributed by atoms with Crippen molar-refractivity contribution in [3.63, 3.8) is 0 Å². The highest BCUT2D eigenvalue weighted by Gasteiger charge is 2.39. The van der Waals surface area contributed by atoms with E-state index >= 15 is 0 Å². The number of hydrogen-bond donors (Lipinski definition) is 0. The molecule has 1 aliphatic rings. The predicted octanol–water partition coefficient (Wildman–Crippen LogP) is 6.48. The predicted molar refractivity (Wildman–Crippen MR) is 81.4 cm³/mol. The Bertz CT molecular complexity index is 608. The van der Waals surface area contributed by atoms with Crippen molar-refractivity contribution in [2.24, 2.45) is 11.8 Å². The molecule has 0 heterocycles. The zero-order valence-corrected chi connectivity index (χ0v) is 13.9. The van der Waals surface area contributed by atoms with E-state index in [2.05, 4.69) is 11.3 Å². The number of rotatable bonds is 6. The summed E-state index contributed by atoms with van der Waals surface area (Å²) >= 11 is 0. The van der Waals surface area contributed by atoms with Crippen LogP contribution in [0.4, 0.5) is 30.7 Å². The maximum Gasteiger partial charge on any atom is 0.422 e. The molecule has 0 aliphatic heterocycles. The molecule has 1 aromatic rings. The second-order valence-electron chi connectivity index (χ2n) is 6.58. The van der Waals surface area contributed by atoms with Gasteiger partial charge in [-0.25, -0.2) is 8.78 Å². The molecule has 0 radical (unpaired) electrons. The summed E-state index contributed by atoms with van der Waals surface area (Å²) in [5.74, 6) is -3.65. The first-order valence-corrected chi connectivity index (χ1v) is 8.21. The molecule has 0 unspecified atom stereocenters. The minimum Gasteiger partial charge on any atom is -0.316 e. The summed E-state index contributed by atoms with van der Waals surface area (Å²) < 4.78 is 96.7. The Kier molecular flexibility index (Phi) is 6.37. The monoisotopic (exact) mass is 384 g/mol. The molecule has 146 valence electrons. The van der Waals surface area contributed by atoms with E-state index in [0.29, 0.717) is 30.9 Å². The van der Waals surface area contributed by atoms with Gasteiger partial charge in [-0.3, -0.25) is 0 Å². The number of benzene rings is 1. The van der Waals surface area contributed by atoms with Crippen LogP contribution in [-0.4, -0.2) is 6.11 Å². The quantitative estimate of drug-likeness (QED) is 0.403. The first kappa shape index (κ1) is 20.7. The Morgan fingerprint density at radius 1 is 1.00 bits per heavy atom. The van der Waals surface area contributed by atoms with Crippen molar-refractivity contribution in [2.75, 3.05) is 0 Å². The lowest BCUT2D eigenvalue weighted by Gasteiger charge is -2.29. The molecule has 0 atom stereocenters. The highest BCUT2D eigenvalue weighted by Crippen LogP contribution is 2.38. The molecule has 0 aromatic heterocycles. The molecule has 8 heteroatoms. The Labute approximate surface area is 146 Å². The smallest absolute Gasteiger partial charge is 0.316 e. The molecular weight excluding hydrogens is 365 g/mol. The third-order valence-corrected chi connectivity index (χ3v) is 4.59. The van der Waals surface area contributed by atoms with Gasteiger partial charge >= 0.3 is 12.3 Å². The van der Waals surface area contributed by atoms with Gasteiger partial charge in [-0.15, -0.1) is 6.58 Å². The van der Waals surface area contributed by atoms with E-state index in [9.17, 15) is 30.7 Å². The maximum atomic E-state index is 13.9. The molecular formula is C18H19F7O. The van der Waals surface area contributed by atoms with Crippen LogP contribution in [0.3, 0.4) is 0 Å². The van der Waals surface area contributed by atoms with Gasteiger partial charge in [0, 0.05) is 6.42 Å². The van der Waals surface area contributed by atoms with Gasteiger partial charge in [0.25, 0.3) is 0 Å². The van der Waals surface area contributed by atoms with Crippen molar-refractivity contribution in [2.45, 2.75) is 51.0 Å². The van der Waals surface area contributed by atoms with Crippen LogP contribution in [0, 0.1) is 23.5 Å². The van der Waals surface area contributed by atoms with Crippen LogP contribution >= 0.6 is 0 Å². The average Bonchev–Trinajstić information content (AvgIpc) is 2.51. The normalized spacial score (nSPS) is 21.7. The minimum atomic E-state index is -5.21. The van der Waals surface area contributed by atoms with Crippen LogP contribution in [0.2, 0.25) is 0 Å². The fourth-order valence-electron chi connectivity index (χ4n) is 3.19. The standard InChI is InChI=1S/C18H19F7O/c1-2-11-3-5-12(6-4-11)9-17(21,22)26-10-13-7-14(19)16(15(20)8-13)18(23,24)25/h2,7-8,11-12H,1,3-6,9-10H2. The molecule has 2 rings (SSSR count). The Morgan fingerprint density at radius 2 is 1.54 bits per heavy atom. The van der Waals surface area contributed by atoms with Crippen LogP contribution in [0.25, 0.3) is 0 Å². The van der Waals surface area contributed by atoms with Gasteiger partial charge in [-0.2, -0.15) is 22.0 Å². The lowest BCUT2D eigenvalue weighted by atomic mass is 9.80. The molecule has 1 saturated carbocycles. The molecule has 0 saturated heterocycles. The van der Waals surface area contributed by atoms with E-state index in [-0.39, 0.29) is 5.92 Å². The highest BCUT2D eigenvalue weighted by atomic mass is 19.4. The van der Waals surface area contributed by atoms with Gasteiger partial charge < -0.3 is 4.74 Å². The zero-order chi connectivity index (χ0) is 19.5. The van der Waals surface area contributed by atoms with Gasteiger partial charge in [0.1, 0.15) is 17.2 Å². The molecule has 1 aliphatic carbocycles. The molecule has 0 N–H and O–H groups in total. The summed E-state index contributed by atoms with van der Waals surface area (Å²) in [6.07, 6.45) is -4.75. The fourth-order valence-corrected chi connectivity index (χ4v) is 3.19. The Balaban J connectivity index is 1.96. The fraction of sp³-hybridized carbons (Fsp3) is 0.556. The van der Waals surface area contributed by atoms with Crippen molar-refractivity contribution < 1.29 is 35.5 Å². The van der Waals surface area contributed by atoms with E-state index < -0.39 is 48.1 Å². The largest absolute Gasteiger partial charge is 0.422 e. The molecule has 1 fully saturated rings. The van der Waals surface area contributed by atoms with Gasteiger partial charge in [0.15, 0.2) is 0 Å². The number of hydrogen-bond acceptors (Lipinski definition) is 1. The summed E-state index contributed by atoms with van der Waals surface area (Å²) in [5, 5.41) is 0. The van der Waals surface area contributed by atoms with E-state index in [1.54, 1.807) is 6.08 Å². The van der Waals surface area contributed by atoms with Crippen LogP contribution < -0.4 is 0 Å². The van der Waals surface area contributed by atoms with Crippen LogP contribution in [0.5, 0.6) is 0 Å². The summed E-state index contributed by atoms with van der Waals surface area (Å²) in [7, 11) is 0. The van der Waals surface area contributed by atoms with Crippen molar-refractivity contribution >= 4 is 0 Å². The van der Waals surface area contributed by atoms with Gasteiger partial charge in [0.2, 0.25) is 0 Å². The molecule has 0 bridgehead atoms. The van der Waals surface area contributed by atoms with E-state index in [4.69, 9.17) is 0 Å². The summed E-state index contributed by atoms with van der Waals surface area (Å²) in [5.41, 5.74) is -2.48. The molecule has 1 nitrogen and oxygen atoms in total. The van der Waals surface area contributed by atoms with E-state index in [1.165, 1.54) is 0 Å². The van der Waals surface area contributed by atoms with Crippen molar-refractivity contribution in [3.05, 3.63) is 47.5 Å². The lowest BCUT2D eigenvalue weighted by molar-refractivity contribution is -0.256. The SMILES string of the molecule is C=CC1CCC(CC(F)(F)OCc2cc(F)c(C(F)(F)F)c(F)c2)CC1. The Morgan fingerprint density at radius 3 is 2.00 bits per heavy atom. The second kappa shape index (κ2) is 7.98. The van der Waals surface area contributed by atoms with Crippen molar-refractivity contribution in [3.8, 4) is 0 Å². The summed E-state index contributed by atoms with van der Waals surface area (Å²) in [4.78, 5) is 0. The van der Waals surface area contributed by atoms with E-state index in [1.807, 2.05) is 0 Å². The van der Waals surface area contributed by atoms with Crippen LogP contribution in [0.1, 0.15) is 43.2 Å². The summed E-state index contributed by atoms with van der Waals surface area (Å²) in [6.45, 7) is 2.79. The number of ether oxygens (including phenoxy) is 1. The zero-order valence-electron chi connectivity index (χ0n) is 13.9. The minimum absolute atomic E-state index is 0.248. The second-order valence-corrected chi connectivity index (χ2v) is 6.58. The molecule has 26 heavy (non-hydrogen) atoms. The van der Waals surface area contributed by atoms with Crippen molar-refractivity contribution in [1.29, 1.82) is 0 Å². The van der Waals surface area contributed by atoms with Gasteiger partial charge in [0.05, 0.1) is 6.61 Å². The van der Waals surface area contributed by atoms with Crippen LogP contribution in [0.15, 0.2) is 24.8 Å². The molecule has 0 spiro atoms. The maximum absolute atomic E-state index is 13.9. The third kappa shape index (κ3) is 5.46. The Hall–Kier alpha value is -1.57. The lowest BCUT2D eigenvalue weighted by Crippen LogP contribution is -2.27. The van der Waals surface area contributed by atoms with Crippen molar-refractivity contribution in [1.82, 2.24) is 0 Å². The molecule has 1 aromatic carbocycles. The van der Waals surface area contributed by atoms with Crippen LogP contribution in [-0.2, 0) is 17.5 Å². The molecule has 0 amide bonds. The summed E-state index contributed by atoms with van der Waals surface area (Å²) in [6, 6.07) is 0.717. The average molecular weight is 384 g/mol. The number of allylic oxidation sites excluding steroid dienone is 1. The third-order valence-electron chi connectivity index (χ3n) is 4.59. The topological polar surface area (TPSA) is 9.23 Å². The van der Waals surface area contributed by atoms with E-state index in [0.717, 1.165) is 12.8 Å². The first-order chi connectivity index (χ1) is 12.0.